The standard InChI is InChI=1S/C8H11ClO/c1-7-4-5-8(10-7)3-2-6-9/h4-5H,2-3,6H2,1H3. The fraction of sp³-hybridized carbons (Fsp3) is 0.500. The van der Waals surface area contributed by atoms with Crippen molar-refractivity contribution in [3.8, 4) is 0 Å². The van der Waals surface area contributed by atoms with Gasteiger partial charge in [0.15, 0.2) is 0 Å². The van der Waals surface area contributed by atoms with Gasteiger partial charge in [0.2, 0.25) is 0 Å². The Balaban J connectivity index is 2.42. The summed E-state index contributed by atoms with van der Waals surface area (Å²) >= 11 is 5.52. The molecule has 0 atom stereocenters. The first-order chi connectivity index (χ1) is 4.83. The smallest absolute Gasteiger partial charge is 0.104 e. The van der Waals surface area contributed by atoms with Gasteiger partial charge < -0.3 is 4.42 Å². The van der Waals surface area contributed by atoms with Crippen molar-refractivity contribution < 1.29 is 4.42 Å². The molecule has 0 aromatic carbocycles. The number of hydrogen-bond donors (Lipinski definition) is 0. The van der Waals surface area contributed by atoms with Gasteiger partial charge in [-0.2, -0.15) is 0 Å². The lowest BCUT2D eigenvalue weighted by Crippen LogP contribution is -1.81. The van der Waals surface area contributed by atoms with E-state index >= 15 is 0 Å². The maximum absolute atomic E-state index is 5.52. The highest BCUT2D eigenvalue weighted by Crippen LogP contribution is 2.08. The first-order valence-electron chi connectivity index (χ1n) is 3.44. The van der Waals surface area contributed by atoms with Crippen LogP contribution in [0, 0.1) is 6.92 Å². The molecule has 2 heteroatoms. The van der Waals surface area contributed by atoms with Crippen LogP contribution in [-0.2, 0) is 6.42 Å². The van der Waals surface area contributed by atoms with Gasteiger partial charge in [-0.15, -0.1) is 11.6 Å². The molecule has 0 saturated heterocycles. The minimum atomic E-state index is 0.708. The molecule has 0 unspecified atom stereocenters. The Kier molecular flexibility index (Phi) is 2.82. The molecule has 0 radical (unpaired) electrons. The van der Waals surface area contributed by atoms with Crippen molar-refractivity contribution in [1.29, 1.82) is 0 Å². The molecule has 0 aliphatic carbocycles. The predicted molar refractivity (Wildman–Crippen MR) is 42.5 cm³/mol. The fourth-order valence-electron chi connectivity index (χ4n) is 0.861. The quantitative estimate of drug-likeness (QED) is 0.617. The molecular weight excluding hydrogens is 148 g/mol. The van der Waals surface area contributed by atoms with E-state index in [-0.39, 0.29) is 0 Å². The second-order valence-electron chi connectivity index (χ2n) is 2.30. The number of rotatable bonds is 3. The minimum absolute atomic E-state index is 0.708. The molecule has 0 fully saturated rings. The molecular formula is C8H11ClO. The van der Waals surface area contributed by atoms with Gasteiger partial charge in [0, 0.05) is 12.3 Å². The van der Waals surface area contributed by atoms with Crippen molar-refractivity contribution in [1.82, 2.24) is 0 Å². The van der Waals surface area contributed by atoms with Gasteiger partial charge in [-0.3, -0.25) is 0 Å². The van der Waals surface area contributed by atoms with E-state index < -0.39 is 0 Å². The summed E-state index contributed by atoms with van der Waals surface area (Å²) in [5.41, 5.74) is 0. The first-order valence-corrected chi connectivity index (χ1v) is 3.97. The first kappa shape index (κ1) is 7.67. The van der Waals surface area contributed by atoms with Gasteiger partial charge in [0.25, 0.3) is 0 Å². The Morgan fingerprint density at radius 2 is 2.30 bits per heavy atom. The van der Waals surface area contributed by atoms with Crippen LogP contribution in [0.3, 0.4) is 0 Å². The largest absolute Gasteiger partial charge is 0.466 e. The van der Waals surface area contributed by atoms with Crippen LogP contribution in [0.25, 0.3) is 0 Å². The van der Waals surface area contributed by atoms with Gasteiger partial charge in [0.05, 0.1) is 0 Å². The number of alkyl halides is 1. The summed E-state index contributed by atoms with van der Waals surface area (Å²) in [4.78, 5) is 0. The SMILES string of the molecule is Cc1ccc(CCCCl)o1. The van der Waals surface area contributed by atoms with Crippen LogP contribution in [0.1, 0.15) is 17.9 Å². The van der Waals surface area contributed by atoms with Crippen LogP contribution in [-0.4, -0.2) is 5.88 Å². The van der Waals surface area contributed by atoms with Gasteiger partial charge in [-0.1, -0.05) is 0 Å². The monoisotopic (exact) mass is 158 g/mol. The highest BCUT2D eigenvalue weighted by molar-refractivity contribution is 6.17. The second kappa shape index (κ2) is 3.67. The molecule has 1 nitrogen and oxygen atoms in total. The van der Waals surface area contributed by atoms with Crippen molar-refractivity contribution in [3.05, 3.63) is 23.7 Å². The van der Waals surface area contributed by atoms with Crippen LogP contribution in [0.5, 0.6) is 0 Å². The van der Waals surface area contributed by atoms with Gasteiger partial charge >= 0.3 is 0 Å². The topological polar surface area (TPSA) is 13.1 Å². The lowest BCUT2D eigenvalue weighted by molar-refractivity contribution is 0.481. The highest BCUT2D eigenvalue weighted by Gasteiger charge is 1.95. The van der Waals surface area contributed by atoms with Gasteiger partial charge in [-0.25, -0.2) is 0 Å². The minimum Gasteiger partial charge on any atom is -0.466 e. The van der Waals surface area contributed by atoms with Gasteiger partial charge in [-0.05, 0) is 25.5 Å². The zero-order valence-electron chi connectivity index (χ0n) is 6.06. The second-order valence-corrected chi connectivity index (χ2v) is 2.68. The number of furan rings is 1. The van der Waals surface area contributed by atoms with E-state index in [2.05, 4.69) is 0 Å². The molecule has 0 spiro atoms. The molecule has 0 amide bonds. The molecule has 0 aliphatic rings. The third-order valence-electron chi connectivity index (χ3n) is 1.35. The molecule has 1 aromatic heterocycles. The third-order valence-corrected chi connectivity index (χ3v) is 1.62. The van der Waals surface area contributed by atoms with Gasteiger partial charge in [0.1, 0.15) is 11.5 Å². The molecule has 0 bridgehead atoms. The predicted octanol–water partition coefficient (Wildman–Crippen LogP) is 2.76. The Bertz CT molecular complexity index is 193. The highest BCUT2D eigenvalue weighted by atomic mass is 35.5. The summed E-state index contributed by atoms with van der Waals surface area (Å²) in [6.07, 6.45) is 1.95. The van der Waals surface area contributed by atoms with Crippen molar-refractivity contribution in [3.63, 3.8) is 0 Å². The molecule has 1 aromatic rings. The fourth-order valence-corrected chi connectivity index (χ4v) is 0.994. The Morgan fingerprint density at radius 3 is 2.80 bits per heavy atom. The summed E-state index contributed by atoms with van der Waals surface area (Å²) in [6.45, 7) is 1.95. The van der Waals surface area contributed by atoms with Crippen molar-refractivity contribution >= 4 is 11.6 Å². The van der Waals surface area contributed by atoms with Crippen LogP contribution in [0.2, 0.25) is 0 Å². The Hall–Kier alpha value is -0.430. The lowest BCUT2D eigenvalue weighted by atomic mass is 10.3. The molecule has 0 aliphatic heterocycles. The summed E-state index contributed by atoms with van der Waals surface area (Å²) in [5.74, 6) is 2.72. The lowest BCUT2D eigenvalue weighted by Gasteiger charge is -1.90. The average Bonchev–Trinajstić information content (AvgIpc) is 2.31. The molecule has 56 valence electrons. The molecule has 0 saturated carbocycles. The van der Waals surface area contributed by atoms with Crippen LogP contribution in [0.4, 0.5) is 0 Å². The molecule has 1 heterocycles. The maximum Gasteiger partial charge on any atom is 0.104 e. The van der Waals surface area contributed by atoms with E-state index in [1.165, 1.54) is 0 Å². The van der Waals surface area contributed by atoms with Crippen molar-refractivity contribution in [2.45, 2.75) is 19.8 Å². The number of aryl methyl sites for hydroxylation is 2. The van der Waals surface area contributed by atoms with Crippen LogP contribution < -0.4 is 0 Å². The van der Waals surface area contributed by atoms with Crippen LogP contribution >= 0.6 is 11.6 Å². The molecule has 1 rings (SSSR count). The summed E-state index contributed by atoms with van der Waals surface area (Å²) in [5, 5.41) is 0. The van der Waals surface area contributed by atoms with Crippen molar-refractivity contribution in [2.75, 3.05) is 5.88 Å². The Labute approximate surface area is 66.0 Å². The van der Waals surface area contributed by atoms with Crippen LogP contribution in [0.15, 0.2) is 16.5 Å². The zero-order valence-corrected chi connectivity index (χ0v) is 6.82. The third kappa shape index (κ3) is 2.07. The van der Waals surface area contributed by atoms with Crippen molar-refractivity contribution in [2.24, 2.45) is 0 Å². The van der Waals surface area contributed by atoms with E-state index in [0.29, 0.717) is 5.88 Å². The summed E-state index contributed by atoms with van der Waals surface area (Å²) < 4.78 is 5.33. The van der Waals surface area contributed by atoms with E-state index in [9.17, 15) is 0 Å². The van der Waals surface area contributed by atoms with E-state index in [4.69, 9.17) is 16.0 Å². The maximum atomic E-state index is 5.52. The molecule has 0 N–H and O–H groups in total. The molecule has 10 heavy (non-hydrogen) atoms. The summed E-state index contributed by atoms with van der Waals surface area (Å²) in [7, 11) is 0. The average molecular weight is 159 g/mol. The Morgan fingerprint density at radius 1 is 1.50 bits per heavy atom. The van der Waals surface area contributed by atoms with E-state index in [1.807, 2.05) is 19.1 Å². The van der Waals surface area contributed by atoms with E-state index in [1.54, 1.807) is 0 Å². The number of hydrogen-bond acceptors (Lipinski definition) is 1. The number of halogens is 1. The normalized spacial score (nSPS) is 10.2. The zero-order chi connectivity index (χ0) is 7.40. The van der Waals surface area contributed by atoms with E-state index in [0.717, 1.165) is 24.4 Å². The summed E-state index contributed by atoms with van der Waals surface area (Å²) in [6, 6.07) is 3.98.